The molecular weight excluding hydrogens is 403 g/mol. The van der Waals surface area contributed by atoms with Gasteiger partial charge in [-0.15, -0.1) is 0 Å². The number of nitrogens with zero attached hydrogens (tertiary/aromatic N) is 2. The molecule has 0 aliphatic rings. The highest BCUT2D eigenvalue weighted by atomic mass is 35.5. The smallest absolute Gasteiger partial charge is 0.191 e. The molecule has 0 bridgehead atoms. The molecule has 0 unspecified atom stereocenters. The molecular formula is C17H13Cl3N2O4. The number of rotatable bonds is 4. The molecule has 2 heterocycles. The number of pyridine rings is 2. The van der Waals surface area contributed by atoms with Crippen LogP contribution in [0.4, 0.5) is 0 Å². The topological polar surface area (TPSA) is 95.6 Å². The van der Waals surface area contributed by atoms with Gasteiger partial charge in [-0.1, -0.05) is 40.9 Å². The van der Waals surface area contributed by atoms with Crippen molar-refractivity contribution in [2.75, 3.05) is 6.61 Å². The van der Waals surface area contributed by atoms with Crippen molar-refractivity contribution in [3.63, 3.8) is 0 Å². The fourth-order valence-corrected chi connectivity index (χ4v) is 3.59. The second-order valence-electron chi connectivity index (χ2n) is 5.48. The first kappa shape index (κ1) is 19.1. The molecule has 26 heavy (non-hydrogen) atoms. The van der Waals surface area contributed by atoms with Crippen molar-refractivity contribution in [2.45, 2.75) is 12.7 Å². The van der Waals surface area contributed by atoms with Crippen molar-refractivity contribution in [1.82, 2.24) is 9.55 Å². The zero-order valence-corrected chi connectivity index (χ0v) is 15.4. The zero-order valence-electron chi connectivity index (χ0n) is 13.2. The molecule has 0 amide bonds. The van der Waals surface area contributed by atoms with Crippen molar-refractivity contribution < 1.29 is 15.3 Å². The molecule has 1 atom stereocenters. The highest BCUT2D eigenvalue weighted by molar-refractivity contribution is 6.38. The van der Waals surface area contributed by atoms with E-state index in [2.05, 4.69) is 4.98 Å². The summed E-state index contributed by atoms with van der Waals surface area (Å²) in [5, 5.41) is 29.7. The minimum atomic E-state index is -1.38. The van der Waals surface area contributed by atoms with Crippen molar-refractivity contribution in [3.05, 3.63) is 67.1 Å². The van der Waals surface area contributed by atoms with Gasteiger partial charge in [0.1, 0.15) is 6.10 Å². The first-order valence-corrected chi connectivity index (χ1v) is 8.61. The van der Waals surface area contributed by atoms with E-state index in [0.717, 1.165) is 0 Å². The zero-order chi connectivity index (χ0) is 19.0. The molecule has 3 aromatic rings. The van der Waals surface area contributed by atoms with Crippen LogP contribution >= 0.6 is 34.8 Å². The Labute approximate surface area is 162 Å². The molecule has 3 N–H and O–H groups in total. The van der Waals surface area contributed by atoms with Crippen LogP contribution in [0.25, 0.3) is 16.6 Å². The van der Waals surface area contributed by atoms with Crippen LogP contribution in [0.15, 0.2) is 35.3 Å². The third-order valence-corrected chi connectivity index (χ3v) is 4.79. The molecule has 0 spiro atoms. The Bertz CT molecular complexity index is 1030. The molecule has 0 fully saturated rings. The van der Waals surface area contributed by atoms with Gasteiger partial charge >= 0.3 is 0 Å². The number of halogens is 3. The monoisotopic (exact) mass is 414 g/mol. The maximum Gasteiger partial charge on any atom is 0.191 e. The summed E-state index contributed by atoms with van der Waals surface area (Å²) < 4.78 is 1.46. The van der Waals surface area contributed by atoms with Gasteiger partial charge in [-0.25, -0.2) is 0 Å². The maximum atomic E-state index is 12.6. The van der Waals surface area contributed by atoms with E-state index in [4.69, 9.17) is 34.8 Å². The molecule has 0 aliphatic heterocycles. The summed E-state index contributed by atoms with van der Waals surface area (Å²) in [5.41, 5.74) is 0.160. The predicted molar refractivity (Wildman–Crippen MR) is 100 cm³/mol. The number of hydrogen-bond acceptors (Lipinski definition) is 5. The molecule has 2 aromatic heterocycles. The highest BCUT2D eigenvalue weighted by Gasteiger charge is 2.22. The highest BCUT2D eigenvalue weighted by Crippen LogP contribution is 2.35. The van der Waals surface area contributed by atoms with Gasteiger partial charge in [0.2, 0.25) is 0 Å². The van der Waals surface area contributed by atoms with E-state index in [1.165, 1.54) is 16.8 Å². The van der Waals surface area contributed by atoms with Gasteiger partial charge in [0, 0.05) is 12.3 Å². The average Bonchev–Trinajstić information content (AvgIpc) is 2.62. The third kappa shape index (κ3) is 3.09. The molecule has 136 valence electrons. The standard InChI is InChI=1S/C17H13Cl3N2O4/c18-9-2-1-3-10(19)16(9)22-8(6-23)4-12(25)14-15(13(26)7-24)21-5-11(20)17(14)22/h1-5,13,23-24,26H,6-7H2/t13-/m0/s1. The van der Waals surface area contributed by atoms with E-state index in [0.29, 0.717) is 5.69 Å². The quantitative estimate of drug-likeness (QED) is 0.609. The lowest BCUT2D eigenvalue weighted by molar-refractivity contribution is 0.0934. The molecule has 1 aromatic carbocycles. The minimum absolute atomic E-state index is 0.00670. The molecule has 9 heteroatoms. The van der Waals surface area contributed by atoms with Crippen LogP contribution in [0.1, 0.15) is 17.5 Å². The van der Waals surface area contributed by atoms with Gasteiger partial charge in [0.05, 0.1) is 56.3 Å². The molecule has 0 saturated carbocycles. The first-order valence-electron chi connectivity index (χ1n) is 7.47. The summed E-state index contributed by atoms with van der Waals surface area (Å²) in [6, 6.07) is 6.05. The van der Waals surface area contributed by atoms with Crippen molar-refractivity contribution in [3.8, 4) is 5.69 Å². The first-order chi connectivity index (χ1) is 12.4. The average molecular weight is 416 g/mol. The van der Waals surface area contributed by atoms with Crippen LogP contribution in [-0.4, -0.2) is 31.5 Å². The normalized spacial score (nSPS) is 12.5. The summed E-state index contributed by atoms with van der Waals surface area (Å²) in [4.78, 5) is 16.6. The molecule has 0 radical (unpaired) electrons. The van der Waals surface area contributed by atoms with Gasteiger partial charge < -0.3 is 19.9 Å². The number of para-hydroxylation sites is 1. The number of aromatic nitrogens is 2. The van der Waals surface area contributed by atoms with Crippen LogP contribution in [0.2, 0.25) is 15.1 Å². The van der Waals surface area contributed by atoms with Gasteiger partial charge in [-0.3, -0.25) is 9.78 Å². The van der Waals surface area contributed by atoms with Crippen LogP contribution in [-0.2, 0) is 6.61 Å². The Balaban J connectivity index is 2.58. The second kappa shape index (κ2) is 7.52. The number of benzene rings is 1. The Morgan fingerprint density at radius 1 is 1.12 bits per heavy atom. The van der Waals surface area contributed by atoms with E-state index in [1.54, 1.807) is 18.2 Å². The van der Waals surface area contributed by atoms with Crippen LogP contribution in [0.3, 0.4) is 0 Å². The van der Waals surface area contributed by atoms with Crippen LogP contribution in [0.5, 0.6) is 0 Å². The lowest BCUT2D eigenvalue weighted by atomic mass is 10.1. The molecule has 3 rings (SSSR count). The lowest BCUT2D eigenvalue weighted by Crippen LogP contribution is -2.18. The predicted octanol–water partition coefficient (Wildman–Crippen LogP) is 2.86. The van der Waals surface area contributed by atoms with E-state index in [9.17, 15) is 20.1 Å². The van der Waals surface area contributed by atoms with Gasteiger partial charge in [-0.2, -0.15) is 0 Å². The molecule has 0 saturated heterocycles. The summed E-state index contributed by atoms with van der Waals surface area (Å²) in [5.74, 6) is 0. The minimum Gasteiger partial charge on any atom is -0.393 e. The summed E-state index contributed by atoms with van der Waals surface area (Å²) in [6.45, 7) is -1.11. The maximum absolute atomic E-state index is 12.6. The summed E-state index contributed by atoms with van der Waals surface area (Å²) in [6.07, 6.45) is -0.127. The Kier molecular flexibility index (Phi) is 5.53. The number of aliphatic hydroxyl groups excluding tert-OH is 3. The fourth-order valence-electron chi connectivity index (χ4n) is 2.80. The van der Waals surface area contributed by atoms with E-state index >= 15 is 0 Å². The van der Waals surface area contributed by atoms with Crippen LogP contribution in [0, 0.1) is 0 Å². The Morgan fingerprint density at radius 2 is 1.77 bits per heavy atom. The molecule has 6 nitrogen and oxygen atoms in total. The fraction of sp³-hybridized carbons (Fsp3) is 0.176. The van der Waals surface area contributed by atoms with Gasteiger partial charge in [-0.05, 0) is 12.1 Å². The number of aliphatic hydroxyl groups is 3. The second-order valence-corrected chi connectivity index (χ2v) is 6.70. The van der Waals surface area contributed by atoms with Crippen LogP contribution < -0.4 is 5.43 Å². The Hall–Kier alpha value is -1.67. The lowest BCUT2D eigenvalue weighted by Gasteiger charge is -2.20. The number of hydrogen-bond donors (Lipinski definition) is 3. The Morgan fingerprint density at radius 3 is 2.35 bits per heavy atom. The summed E-state index contributed by atoms with van der Waals surface area (Å²) >= 11 is 18.9. The van der Waals surface area contributed by atoms with Crippen molar-refractivity contribution in [2.24, 2.45) is 0 Å². The van der Waals surface area contributed by atoms with E-state index in [1.807, 2.05) is 0 Å². The third-order valence-electron chi connectivity index (χ3n) is 3.90. The van der Waals surface area contributed by atoms with Crippen molar-refractivity contribution in [1.29, 1.82) is 0 Å². The van der Waals surface area contributed by atoms with Gasteiger partial charge in [0.15, 0.2) is 5.43 Å². The largest absolute Gasteiger partial charge is 0.393 e. The van der Waals surface area contributed by atoms with E-state index in [-0.39, 0.29) is 37.4 Å². The van der Waals surface area contributed by atoms with Gasteiger partial charge in [0.25, 0.3) is 0 Å². The van der Waals surface area contributed by atoms with Crippen molar-refractivity contribution >= 4 is 45.7 Å². The van der Waals surface area contributed by atoms with E-state index < -0.39 is 24.7 Å². The number of fused-ring (bicyclic) bond motifs is 1. The SMILES string of the molecule is O=c1cc(CO)n(-c2c(Cl)cccc2Cl)c2c(Cl)cnc([C@@H](O)CO)c12. The molecule has 0 aliphatic carbocycles. The summed E-state index contributed by atoms with van der Waals surface area (Å²) in [7, 11) is 0.